The third-order valence-electron chi connectivity index (χ3n) is 3.16. The fourth-order valence-electron chi connectivity index (χ4n) is 2.04. The summed E-state index contributed by atoms with van der Waals surface area (Å²) in [4.78, 5) is 26.7. The van der Waals surface area contributed by atoms with E-state index < -0.39 is 29.9 Å². The van der Waals surface area contributed by atoms with Crippen molar-refractivity contribution in [2.45, 2.75) is 19.2 Å². The third-order valence-corrected chi connectivity index (χ3v) is 3.16. The van der Waals surface area contributed by atoms with E-state index in [2.05, 4.69) is 15.6 Å². The molecular formula is C14H15F3N4O3. The molecule has 7 nitrogen and oxygen atoms in total. The van der Waals surface area contributed by atoms with Gasteiger partial charge in [0, 0.05) is 19.3 Å². The van der Waals surface area contributed by atoms with Crippen LogP contribution in [-0.4, -0.2) is 39.1 Å². The molecule has 0 bridgehead atoms. The van der Waals surface area contributed by atoms with Crippen molar-refractivity contribution in [3.05, 3.63) is 24.0 Å². The molecule has 0 saturated carbocycles. The number of benzene rings is 1. The first-order chi connectivity index (χ1) is 11.1. The van der Waals surface area contributed by atoms with Gasteiger partial charge in [-0.2, -0.15) is 13.2 Å². The Morgan fingerprint density at radius 1 is 1.33 bits per heavy atom. The number of aliphatic hydroxyl groups excluding tert-OH is 1. The van der Waals surface area contributed by atoms with Gasteiger partial charge in [-0.25, -0.2) is 4.98 Å². The lowest BCUT2D eigenvalue weighted by Crippen LogP contribution is -2.38. The molecule has 130 valence electrons. The molecule has 0 fully saturated rings. The Kier molecular flexibility index (Phi) is 4.78. The van der Waals surface area contributed by atoms with Gasteiger partial charge in [-0.05, 0) is 25.1 Å². The number of rotatable bonds is 3. The van der Waals surface area contributed by atoms with Gasteiger partial charge in [0.25, 0.3) is 0 Å². The lowest BCUT2D eigenvalue weighted by atomic mass is 10.2. The Bertz CT molecular complexity index is 783. The van der Waals surface area contributed by atoms with Crippen molar-refractivity contribution < 1.29 is 27.9 Å². The minimum Gasteiger partial charge on any atom is -0.392 e. The van der Waals surface area contributed by atoms with Crippen molar-refractivity contribution >= 4 is 28.5 Å². The number of carbonyl (C=O) groups excluding carboxylic acids is 2. The summed E-state index contributed by atoms with van der Waals surface area (Å²) in [5.74, 6) is -3.02. The van der Waals surface area contributed by atoms with Crippen LogP contribution in [0, 0.1) is 0 Å². The number of imidazole rings is 1. The van der Waals surface area contributed by atoms with Gasteiger partial charge in [-0.15, -0.1) is 0 Å². The van der Waals surface area contributed by atoms with Crippen LogP contribution in [0.1, 0.15) is 12.7 Å². The largest absolute Gasteiger partial charge is 0.449 e. The fourth-order valence-corrected chi connectivity index (χ4v) is 2.04. The predicted molar refractivity (Wildman–Crippen MR) is 79.0 cm³/mol. The van der Waals surface area contributed by atoms with E-state index in [1.807, 2.05) is 0 Å². The molecule has 0 radical (unpaired) electrons. The summed E-state index contributed by atoms with van der Waals surface area (Å²) in [5, 5.41) is 13.5. The second-order valence-electron chi connectivity index (χ2n) is 5.21. The van der Waals surface area contributed by atoms with Crippen molar-refractivity contribution in [2.24, 2.45) is 7.05 Å². The van der Waals surface area contributed by atoms with Crippen LogP contribution >= 0.6 is 0 Å². The van der Waals surface area contributed by atoms with Crippen molar-refractivity contribution in [3.63, 3.8) is 0 Å². The minimum absolute atomic E-state index is 0.0343. The van der Waals surface area contributed by atoms with Crippen molar-refractivity contribution in [2.75, 3.05) is 11.9 Å². The molecule has 3 N–H and O–H groups in total. The minimum atomic E-state index is -4.60. The number of aromatic nitrogens is 2. The Hall–Kier alpha value is -2.62. The van der Waals surface area contributed by atoms with Gasteiger partial charge < -0.3 is 20.3 Å². The summed E-state index contributed by atoms with van der Waals surface area (Å²) in [6.07, 6.45) is -5.41. The zero-order chi connectivity index (χ0) is 18.1. The molecule has 10 heteroatoms. The third kappa shape index (κ3) is 3.82. The van der Waals surface area contributed by atoms with Gasteiger partial charge in [-0.3, -0.25) is 9.59 Å². The summed E-state index contributed by atoms with van der Waals surface area (Å²) >= 11 is 0. The normalized spacial score (nSPS) is 12.9. The van der Waals surface area contributed by atoms with Gasteiger partial charge in [0.15, 0.2) is 0 Å². The van der Waals surface area contributed by atoms with Gasteiger partial charge in [0.2, 0.25) is 5.82 Å². The van der Waals surface area contributed by atoms with E-state index in [1.165, 1.54) is 32.2 Å². The molecule has 1 unspecified atom stereocenters. The quantitative estimate of drug-likeness (QED) is 0.725. The summed E-state index contributed by atoms with van der Waals surface area (Å²) in [7, 11) is 1.24. The molecule has 0 spiro atoms. The number of amides is 2. The first-order valence-corrected chi connectivity index (χ1v) is 6.90. The van der Waals surface area contributed by atoms with E-state index in [0.717, 1.165) is 4.57 Å². The maximum Gasteiger partial charge on any atom is 0.449 e. The number of aliphatic hydroxyl groups is 1. The molecule has 0 aliphatic carbocycles. The molecule has 1 aromatic heterocycles. The van der Waals surface area contributed by atoms with Gasteiger partial charge in [-0.1, -0.05) is 0 Å². The molecule has 2 rings (SSSR count). The van der Waals surface area contributed by atoms with E-state index in [-0.39, 0.29) is 23.3 Å². The summed E-state index contributed by atoms with van der Waals surface area (Å²) in [6, 6.07) is 3.97. The van der Waals surface area contributed by atoms with Crippen molar-refractivity contribution in [3.8, 4) is 0 Å². The van der Waals surface area contributed by atoms with Gasteiger partial charge in [0.05, 0.1) is 17.1 Å². The van der Waals surface area contributed by atoms with E-state index in [0.29, 0.717) is 0 Å². The van der Waals surface area contributed by atoms with E-state index in [1.54, 1.807) is 0 Å². The van der Waals surface area contributed by atoms with Crippen molar-refractivity contribution in [1.29, 1.82) is 0 Å². The molecule has 1 heterocycles. The zero-order valence-electron chi connectivity index (χ0n) is 12.8. The lowest BCUT2D eigenvalue weighted by Gasteiger charge is -2.08. The molecule has 0 saturated heterocycles. The smallest absolute Gasteiger partial charge is 0.392 e. The molecule has 2 aromatic rings. The molecule has 24 heavy (non-hydrogen) atoms. The molecule has 0 aliphatic heterocycles. The Labute approximate surface area is 134 Å². The highest BCUT2D eigenvalue weighted by molar-refractivity contribution is 6.39. The Balaban J connectivity index is 2.19. The number of halogens is 3. The van der Waals surface area contributed by atoms with Crippen LogP contribution in [0.25, 0.3) is 11.0 Å². The molecular weight excluding hydrogens is 329 g/mol. The monoisotopic (exact) mass is 344 g/mol. The molecule has 0 aliphatic rings. The zero-order valence-corrected chi connectivity index (χ0v) is 12.8. The highest BCUT2D eigenvalue weighted by Crippen LogP contribution is 2.31. The first-order valence-electron chi connectivity index (χ1n) is 6.90. The number of alkyl halides is 3. The van der Waals surface area contributed by atoms with Crippen LogP contribution in [-0.2, 0) is 22.8 Å². The number of fused-ring (bicyclic) bond motifs is 1. The highest BCUT2D eigenvalue weighted by atomic mass is 19.4. The summed E-state index contributed by atoms with van der Waals surface area (Å²) in [5.41, 5.74) is 0.400. The number of carbonyl (C=O) groups is 2. The van der Waals surface area contributed by atoms with Gasteiger partial charge >= 0.3 is 18.0 Å². The maximum absolute atomic E-state index is 12.8. The summed E-state index contributed by atoms with van der Waals surface area (Å²) in [6.45, 7) is 1.34. The van der Waals surface area contributed by atoms with Crippen LogP contribution in [0.2, 0.25) is 0 Å². The van der Waals surface area contributed by atoms with E-state index in [4.69, 9.17) is 5.11 Å². The number of hydrogen-bond donors (Lipinski definition) is 3. The molecule has 2 amide bonds. The maximum atomic E-state index is 12.8. The number of hydrogen-bond acceptors (Lipinski definition) is 4. The number of aryl methyl sites for hydroxylation is 1. The second-order valence-corrected chi connectivity index (χ2v) is 5.21. The SMILES string of the molecule is CC(O)CNC(=O)C(=O)Nc1ccc2c(c1)nc(C(F)(F)F)n2C. The van der Waals surface area contributed by atoms with E-state index >= 15 is 0 Å². The second kappa shape index (κ2) is 6.48. The van der Waals surface area contributed by atoms with Crippen LogP contribution in [0.4, 0.5) is 18.9 Å². The highest BCUT2D eigenvalue weighted by Gasteiger charge is 2.36. The lowest BCUT2D eigenvalue weighted by molar-refractivity contribution is -0.146. The topological polar surface area (TPSA) is 96.2 Å². The molecule has 1 atom stereocenters. The number of nitrogens with zero attached hydrogens (tertiary/aromatic N) is 2. The first kappa shape index (κ1) is 17.7. The van der Waals surface area contributed by atoms with E-state index in [9.17, 15) is 22.8 Å². The van der Waals surface area contributed by atoms with Crippen LogP contribution in [0.15, 0.2) is 18.2 Å². The Morgan fingerprint density at radius 2 is 2.00 bits per heavy atom. The van der Waals surface area contributed by atoms with Crippen LogP contribution in [0.5, 0.6) is 0 Å². The number of nitrogens with one attached hydrogen (secondary N) is 2. The van der Waals surface area contributed by atoms with Crippen LogP contribution < -0.4 is 10.6 Å². The standard InChI is InChI=1S/C14H15F3N4O3/c1-7(22)6-18-11(23)12(24)19-8-3-4-10-9(5-8)20-13(21(10)2)14(15,16)17/h3-5,7,22H,6H2,1-2H3,(H,18,23)(H,19,24). The van der Waals surface area contributed by atoms with Crippen LogP contribution in [0.3, 0.4) is 0 Å². The predicted octanol–water partition coefficient (Wildman–Crippen LogP) is 1.03. The number of anilines is 1. The average Bonchev–Trinajstić information content (AvgIpc) is 2.81. The van der Waals surface area contributed by atoms with Crippen molar-refractivity contribution in [1.82, 2.24) is 14.9 Å². The average molecular weight is 344 g/mol. The summed E-state index contributed by atoms with van der Waals surface area (Å²) < 4.78 is 39.4. The fraction of sp³-hybridized carbons (Fsp3) is 0.357. The molecule has 1 aromatic carbocycles. The Morgan fingerprint density at radius 3 is 2.58 bits per heavy atom. The van der Waals surface area contributed by atoms with Gasteiger partial charge in [0.1, 0.15) is 0 Å².